The summed E-state index contributed by atoms with van der Waals surface area (Å²) in [4.78, 5) is 2.37. The fourth-order valence-electron chi connectivity index (χ4n) is 3.31. The number of piperidine rings is 1. The minimum atomic E-state index is -0.423. The SMILES string of the molecule is CCc1ccc(OCC(O)CN2CC(C)CC(C)C2)cc1. The molecule has 0 amide bonds. The van der Waals surface area contributed by atoms with Crippen LogP contribution < -0.4 is 4.74 Å². The number of β-amino-alcohol motifs (C(OH)–C–C–N with tert-alkyl or cyclic N) is 1. The van der Waals surface area contributed by atoms with E-state index in [4.69, 9.17) is 4.74 Å². The Kier molecular flexibility index (Phi) is 6.07. The van der Waals surface area contributed by atoms with Crippen molar-refractivity contribution in [3.05, 3.63) is 29.8 Å². The van der Waals surface area contributed by atoms with E-state index in [1.54, 1.807) is 0 Å². The van der Waals surface area contributed by atoms with Crippen LogP contribution in [0.15, 0.2) is 24.3 Å². The Hall–Kier alpha value is -1.06. The van der Waals surface area contributed by atoms with Gasteiger partial charge in [0.1, 0.15) is 18.5 Å². The zero-order valence-corrected chi connectivity index (χ0v) is 13.6. The molecule has 21 heavy (non-hydrogen) atoms. The van der Waals surface area contributed by atoms with E-state index in [1.807, 2.05) is 12.1 Å². The van der Waals surface area contributed by atoms with Crippen molar-refractivity contribution < 1.29 is 9.84 Å². The van der Waals surface area contributed by atoms with Crippen LogP contribution in [0.4, 0.5) is 0 Å². The molecule has 1 heterocycles. The zero-order chi connectivity index (χ0) is 15.2. The van der Waals surface area contributed by atoms with Crippen LogP contribution in [0.25, 0.3) is 0 Å². The van der Waals surface area contributed by atoms with Gasteiger partial charge in [0.15, 0.2) is 0 Å². The Morgan fingerprint density at radius 1 is 1.19 bits per heavy atom. The maximum Gasteiger partial charge on any atom is 0.119 e. The van der Waals surface area contributed by atoms with E-state index in [9.17, 15) is 5.11 Å². The van der Waals surface area contributed by atoms with Crippen molar-refractivity contribution in [1.82, 2.24) is 4.90 Å². The van der Waals surface area contributed by atoms with E-state index in [-0.39, 0.29) is 0 Å². The van der Waals surface area contributed by atoms with Crippen LogP contribution in [0.2, 0.25) is 0 Å². The normalized spacial score (nSPS) is 24.8. The van der Waals surface area contributed by atoms with Gasteiger partial charge in [-0.3, -0.25) is 0 Å². The van der Waals surface area contributed by atoms with Gasteiger partial charge in [-0.2, -0.15) is 0 Å². The predicted molar refractivity (Wildman–Crippen MR) is 86.7 cm³/mol. The average Bonchev–Trinajstić information content (AvgIpc) is 2.44. The molecule has 3 atom stereocenters. The molecule has 1 aromatic carbocycles. The monoisotopic (exact) mass is 291 g/mol. The van der Waals surface area contributed by atoms with E-state index in [1.165, 1.54) is 12.0 Å². The molecular weight excluding hydrogens is 262 g/mol. The van der Waals surface area contributed by atoms with Crippen molar-refractivity contribution >= 4 is 0 Å². The Labute approximate surface area is 128 Å². The molecule has 1 N–H and O–H groups in total. The largest absolute Gasteiger partial charge is 0.491 e. The van der Waals surface area contributed by atoms with Crippen LogP contribution >= 0.6 is 0 Å². The maximum absolute atomic E-state index is 10.2. The Bertz CT molecular complexity index is 408. The van der Waals surface area contributed by atoms with E-state index in [0.717, 1.165) is 37.1 Å². The zero-order valence-electron chi connectivity index (χ0n) is 13.6. The van der Waals surface area contributed by atoms with Crippen LogP contribution in [-0.2, 0) is 6.42 Å². The van der Waals surface area contributed by atoms with Gasteiger partial charge in [0.2, 0.25) is 0 Å². The van der Waals surface area contributed by atoms with Crippen molar-refractivity contribution in [1.29, 1.82) is 0 Å². The first-order chi connectivity index (χ1) is 10.1. The first kappa shape index (κ1) is 16.3. The highest BCUT2D eigenvalue weighted by Crippen LogP contribution is 2.21. The van der Waals surface area contributed by atoms with E-state index in [2.05, 4.69) is 37.8 Å². The number of ether oxygens (including phenoxy) is 1. The van der Waals surface area contributed by atoms with Crippen molar-refractivity contribution in [2.75, 3.05) is 26.2 Å². The summed E-state index contributed by atoms with van der Waals surface area (Å²) in [6, 6.07) is 8.12. The van der Waals surface area contributed by atoms with Gasteiger partial charge >= 0.3 is 0 Å². The number of hydrogen-bond donors (Lipinski definition) is 1. The lowest BCUT2D eigenvalue weighted by molar-refractivity contribution is 0.0429. The molecule has 1 aliphatic heterocycles. The Balaban J connectivity index is 1.74. The van der Waals surface area contributed by atoms with Gasteiger partial charge in [-0.05, 0) is 42.4 Å². The van der Waals surface area contributed by atoms with Crippen LogP contribution in [0, 0.1) is 11.8 Å². The Morgan fingerprint density at radius 2 is 1.81 bits per heavy atom. The summed E-state index contributed by atoms with van der Waals surface area (Å²) in [5.74, 6) is 2.29. The molecule has 0 radical (unpaired) electrons. The second-order valence-electron chi connectivity index (χ2n) is 6.63. The van der Waals surface area contributed by atoms with Crippen molar-refractivity contribution in [2.45, 2.75) is 39.7 Å². The lowest BCUT2D eigenvalue weighted by Crippen LogP contribution is -2.43. The molecular formula is C18H29NO2. The van der Waals surface area contributed by atoms with E-state index in [0.29, 0.717) is 13.2 Å². The number of likely N-dealkylation sites (tertiary alicyclic amines) is 1. The molecule has 118 valence electrons. The van der Waals surface area contributed by atoms with Gasteiger partial charge < -0.3 is 14.7 Å². The molecule has 1 aliphatic rings. The first-order valence-corrected chi connectivity index (χ1v) is 8.19. The quantitative estimate of drug-likeness (QED) is 0.874. The van der Waals surface area contributed by atoms with E-state index < -0.39 is 6.10 Å². The summed E-state index contributed by atoms with van der Waals surface area (Å²) >= 11 is 0. The summed E-state index contributed by atoms with van der Waals surface area (Å²) in [6.07, 6.45) is 1.91. The second kappa shape index (κ2) is 7.81. The summed E-state index contributed by atoms with van der Waals surface area (Å²) in [5, 5.41) is 10.2. The lowest BCUT2D eigenvalue weighted by atomic mass is 9.92. The molecule has 3 heteroatoms. The second-order valence-corrected chi connectivity index (χ2v) is 6.63. The van der Waals surface area contributed by atoms with Gasteiger partial charge in [0, 0.05) is 19.6 Å². The molecule has 0 aromatic heterocycles. The third-order valence-electron chi connectivity index (χ3n) is 4.19. The molecule has 0 saturated carbocycles. The van der Waals surface area contributed by atoms with Gasteiger partial charge in [-0.25, -0.2) is 0 Å². The van der Waals surface area contributed by atoms with Crippen LogP contribution in [0.5, 0.6) is 5.75 Å². The Morgan fingerprint density at radius 3 is 2.38 bits per heavy atom. The average molecular weight is 291 g/mol. The molecule has 0 spiro atoms. The third-order valence-corrected chi connectivity index (χ3v) is 4.19. The first-order valence-electron chi connectivity index (χ1n) is 8.19. The minimum Gasteiger partial charge on any atom is -0.491 e. The molecule has 0 aliphatic carbocycles. The highest BCUT2D eigenvalue weighted by molar-refractivity contribution is 5.27. The molecule has 1 saturated heterocycles. The number of aliphatic hydroxyl groups is 1. The fourth-order valence-corrected chi connectivity index (χ4v) is 3.31. The highest BCUT2D eigenvalue weighted by atomic mass is 16.5. The summed E-state index contributed by atoms with van der Waals surface area (Å²) < 4.78 is 5.69. The minimum absolute atomic E-state index is 0.366. The standard InChI is InChI=1S/C18H29NO2/c1-4-16-5-7-18(8-6-16)21-13-17(20)12-19-10-14(2)9-15(3)11-19/h5-8,14-15,17,20H,4,9-13H2,1-3H3. The van der Waals surface area contributed by atoms with Gasteiger partial charge in [0.05, 0.1) is 0 Å². The fraction of sp³-hybridized carbons (Fsp3) is 0.667. The van der Waals surface area contributed by atoms with Gasteiger partial charge in [-0.15, -0.1) is 0 Å². The third kappa shape index (κ3) is 5.33. The number of rotatable bonds is 6. The van der Waals surface area contributed by atoms with Crippen LogP contribution in [-0.4, -0.2) is 42.4 Å². The molecule has 1 aromatic rings. The number of nitrogens with zero attached hydrogens (tertiary/aromatic N) is 1. The van der Waals surface area contributed by atoms with Crippen LogP contribution in [0.3, 0.4) is 0 Å². The molecule has 3 unspecified atom stereocenters. The number of aliphatic hydroxyl groups excluding tert-OH is 1. The summed E-state index contributed by atoms with van der Waals surface area (Å²) in [6.45, 7) is 9.98. The van der Waals surface area contributed by atoms with Crippen molar-refractivity contribution in [3.63, 3.8) is 0 Å². The maximum atomic E-state index is 10.2. The topological polar surface area (TPSA) is 32.7 Å². The molecule has 0 bridgehead atoms. The predicted octanol–water partition coefficient (Wildman–Crippen LogP) is 2.97. The van der Waals surface area contributed by atoms with Crippen molar-refractivity contribution in [3.8, 4) is 5.75 Å². The number of benzene rings is 1. The molecule has 3 nitrogen and oxygen atoms in total. The molecule has 1 fully saturated rings. The smallest absolute Gasteiger partial charge is 0.119 e. The van der Waals surface area contributed by atoms with Gasteiger partial charge in [0.25, 0.3) is 0 Å². The highest BCUT2D eigenvalue weighted by Gasteiger charge is 2.23. The number of aryl methyl sites for hydroxylation is 1. The van der Waals surface area contributed by atoms with E-state index >= 15 is 0 Å². The summed E-state index contributed by atoms with van der Waals surface area (Å²) in [7, 11) is 0. The summed E-state index contributed by atoms with van der Waals surface area (Å²) in [5.41, 5.74) is 1.30. The molecule has 2 rings (SSSR count). The lowest BCUT2D eigenvalue weighted by Gasteiger charge is -2.35. The van der Waals surface area contributed by atoms with Gasteiger partial charge in [-0.1, -0.05) is 32.9 Å². The van der Waals surface area contributed by atoms with Crippen molar-refractivity contribution in [2.24, 2.45) is 11.8 Å². The van der Waals surface area contributed by atoms with Crippen LogP contribution in [0.1, 0.15) is 32.8 Å². The number of hydrogen-bond acceptors (Lipinski definition) is 3.